The molecule has 0 aliphatic carbocycles. The van der Waals surface area contributed by atoms with Crippen molar-refractivity contribution in [1.29, 1.82) is 0 Å². The summed E-state index contributed by atoms with van der Waals surface area (Å²) in [5.74, 6) is 0. The highest BCUT2D eigenvalue weighted by atomic mass is 31.0. The molecule has 0 spiro atoms. The zero-order chi connectivity index (χ0) is 5.11. The first kappa shape index (κ1) is 4.53. The Morgan fingerprint density at radius 3 is 2.57 bits per heavy atom. The van der Waals surface area contributed by atoms with Gasteiger partial charge in [0, 0.05) is 0 Å². The van der Waals surface area contributed by atoms with Gasteiger partial charge in [-0.05, 0) is 10.4 Å². The van der Waals surface area contributed by atoms with Crippen LogP contribution in [0.25, 0.3) is 0 Å². The third-order valence-electron chi connectivity index (χ3n) is 0.442. The maximum absolute atomic E-state index is 3.52. The summed E-state index contributed by atoms with van der Waals surface area (Å²) in [5.41, 5.74) is 0.704. The molecular formula is C2H3N4P. The van der Waals surface area contributed by atoms with Crippen molar-refractivity contribution < 1.29 is 0 Å². The minimum absolute atomic E-state index is 0.704. The maximum atomic E-state index is 3.52. The van der Waals surface area contributed by atoms with E-state index in [1.807, 2.05) is 0 Å². The van der Waals surface area contributed by atoms with E-state index >= 15 is 0 Å². The maximum Gasteiger partial charge on any atom is 0.101 e. The van der Waals surface area contributed by atoms with Crippen LogP contribution >= 0.6 is 9.24 Å². The van der Waals surface area contributed by atoms with Crippen LogP contribution in [-0.4, -0.2) is 20.6 Å². The van der Waals surface area contributed by atoms with E-state index in [1.165, 1.54) is 6.20 Å². The van der Waals surface area contributed by atoms with E-state index in [9.17, 15) is 0 Å². The van der Waals surface area contributed by atoms with Crippen LogP contribution in [-0.2, 0) is 0 Å². The Morgan fingerprint density at radius 1 is 1.43 bits per heavy atom. The molecule has 0 aliphatic heterocycles. The van der Waals surface area contributed by atoms with Gasteiger partial charge in [0.05, 0.1) is 6.20 Å². The smallest absolute Gasteiger partial charge is 0.101 e. The minimum atomic E-state index is 0.704. The van der Waals surface area contributed by atoms with Gasteiger partial charge in [0.15, 0.2) is 0 Å². The van der Waals surface area contributed by atoms with Gasteiger partial charge in [0.25, 0.3) is 0 Å². The molecule has 0 radical (unpaired) electrons. The van der Waals surface area contributed by atoms with Gasteiger partial charge in [-0.3, -0.25) is 0 Å². The molecule has 1 aromatic heterocycles. The molecular weight excluding hydrogens is 111 g/mol. The van der Waals surface area contributed by atoms with Crippen LogP contribution in [0.2, 0.25) is 0 Å². The average Bonchev–Trinajstić information content (AvgIpc) is 1.69. The molecule has 0 fully saturated rings. The van der Waals surface area contributed by atoms with Crippen LogP contribution in [0.1, 0.15) is 0 Å². The molecule has 0 aromatic carbocycles. The number of hydrogen-bond donors (Lipinski definition) is 0. The monoisotopic (exact) mass is 114 g/mol. The lowest BCUT2D eigenvalue weighted by molar-refractivity contribution is 0.776. The Bertz CT molecular complexity index is 140. The van der Waals surface area contributed by atoms with Crippen molar-refractivity contribution in [2.75, 3.05) is 0 Å². The number of nitrogens with zero attached hydrogens (tertiary/aromatic N) is 4. The summed E-state index contributed by atoms with van der Waals surface area (Å²) >= 11 is 0. The van der Waals surface area contributed by atoms with E-state index in [1.54, 1.807) is 0 Å². The normalized spacial score (nSPS) is 8.71. The highest BCUT2D eigenvalue weighted by Crippen LogP contribution is 1.71. The van der Waals surface area contributed by atoms with E-state index in [4.69, 9.17) is 0 Å². The highest BCUT2D eigenvalue weighted by Gasteiger charge is 1.77. The molecule has 0 bridgehead atoms. The first-order valence-electron chi connectivity index (χ1n) is 1.66. The van der Waals surface area contributed by atoms with Gasteiger partial charge in [-0.1, -0.05) is 9.24 Å². The predicted molar refractivity (Wildman–Crippen MR) is 27.0 cm³/mol. The van der Waals surface area contributed by atoms with Crippen LogP contribution < -0.4 is 5.44 Å². The summed E-state index contributed by atoms with van der Waals surface area (Å²) in [5, 5.41) is 13.4. The van der Waals surface area contributed by atoms with E-state index < -0.39 is 0 Å². The quantitative estimate of drug-likeness (QED) is 0.396. The van der Waals surface area contributed by atoms with Crippen molar-refractivity contribution in [2.24, 2.45) is 0 Å². The lowest BCUT2D eigenvalue weighted by atomic mass is 10.9. The van der Waals surface area contributed by atoms with Gasteiger partial charge >= 0.3 is 0 Å². The van der Waals surface area contributed by atoms with Gasteiger partial charge in [0.2, 0.25) is 0 Å². The van der Waals surface area contributed by atoms with Crippen molar-refractivity contribution in [2.45, 2.75) is 0 Å². The van der Waals surface area contributed by atoms with E-state index in [-0.39, 0.29) is 0 Å². The van der Waals surface area contributed by atoms with E-state index in [0.29, 0.717) is 5.44 Å². The zero-order valence-electron chi connectivity index (χ0n) is 3.44. The summed E-state index contributed by atoms with van der Waals surface area (Å²) in [6.07, 6.45) is 1.51. The van der Waals surface area contributed by atoms with Gasteiger partial charge in [-0.15, -0.1) is 10.2 Å². The van der Waals surface area contributed by atoms with Crippen molar-refractivity contribution in [3.8, 4) is 0 Å². The summed E-state index contributed by atoms with van der Waals surface area (Å²) in [6, 6.07) is 0. The van der Waals surface area contributed by atoms with Gasteiger partial charge in [-0.2, -0.15) is 0 Å². The third kappa shape index (κ3) is 1.12. The molecule has 1 aromatic rings. The minimum Gasteiger partial charge on any atom is -0.135 e. The molecule has 1 rings (SSSR count). The Kier molecular flexibility index (Phi) is 1.22. The molecule has 1 heterocycles. The largest absolute Gasteiger partial charge is 0.135 e. The Morgan fingerprint density at radius 2 is 2.29 bits per heavy atom. The van der Waals surface area contributed by atoms with Crippen LogP contribution in [0.15, 0.2) is 6.20 Å². The Labute approximate surface area is 42.5 Å². The zero-order valence-corrected chi connectivity index (χ0v) is 4.60. The molecule has 5 heteroatoms. The van der Waals surface area contributed by atoms with Crippen molar-refractivity contribution in [1.82, 2.24) is 20.6 Å². The fourth-order valence-electron chi connectivity index (χ4n) is 0.206. The highest BCUT2D eigenvalue weighted by molar-refractivity contribution is 7.26. The molecule has 0 saturated heterocycles. The second-order valence-electron chi connectivity index (χ2n) is 0.948. The van der Waals surface area contributed by atoms with Crippen LogP contribution in [0.3, 0.4) is 0 Å². The number of aromatic nitrogens is 4. The molecule has 0 N–H and O–H groups in total. The molecule has 36 valence electrons. The Balaban J connectivity index is 3.02. The lowest BCUT2D eigenvalue weighted by Crippen LogP contribution is -2.02. The first-order chi connectivity index (χ1) is 3.39. The van der Waals surface area contributed by atoms with E-state index in [0.717, 1.165) is 0 Å². The predicted octanol–water partition coefficient (Wildman–Crippen LogP) is -1.23. The first-order valence-corrected chi connectivity index (χ1v) is 2.24. The van der Waals surface area contributed by atoms with Crippen molar-refractivity contribution >= 4 is 14.7 Å². The third-order valence-corrected chi connectivity index (χ3v) is 0.706. The summed E-state index contributed by atoms with van der Waals surface area (Å²) in [6.45, 7) is 0. The van der Waals surface area contributed by atoms with Gasteiger partial charge < -0.3 is 0 Å². The van der Waals surface area contributed by atoms with Crippen LogP contribution in [0.5, 0.6) is 0 Å². The molecule has 1 unspecified atom stereocenters. The fraction of sp³-hybridized carbons (Fsp3) is 0. The topological polar surface area (TPSA) is 51.6 Å². The molecule has 7 heavy (non-hydrogen) atoms. The van der Waals surface area contributed by atoms with Crippen LogP contribution in [0.4, 0.5) is 0 Å². The second kappa shape index (κ2) is 1.89. The van der Waals surface area contributed by atoms with Gasteiger partial charge in [-0.25, -0.2) is 0 Å². The van der Waals surface area contributed by atoms with Gasteiger partial charge in [0.1, 0.15) is 5.44 Å². The average molecular weight is 114 g/mol. The fourth-order valence-corrected chi connectivity index (χ4v) is 0.324. The summed E-state index contributed by atoms with van der Waals surface area (Å²) in [4.78, 5) is 0. The van der Waals surface area contributed by atoms with Crippen molar-refractivity contribution in [3.63, 3.8) is 0 Å². The molecule has 0 aliphatic rings. The Hall–Kier alpha value is -0.630. The second-order valence-corrected chi connectivity index (χ2v) is 1.54. The molecule has 0 saturated carbocycles. The number of rotatable bonds is 0. The van der Waals surface area contributed by atoms with E-state index in [2.05, 4.69) is 29.9 Å². The SMILES string of the molecule is Pc1cnnnn1. The summed E-state index contributed by atoms with van der Waals surface area (Å²) < 4.78 is 0. The standard InChI is InChI=1S/C2H3N4P/c7-2-1-3-5-6-4-2/h1H,7H2. The molecule has 1 atom stereocenters. The van der Waals surface area contributed by atoms with Crippen molar-refractivity contribution in [3.05, 3.63) is 6.20 Å². The molecule has 0 amide bonds. The summed E-state index contributed by atoms with van der Waals surface area (Å²) in [7, 11) is 2.35. The number of hydrogen-bond acceptors (Lipinski definition) is 4. The van der Waals surface area contributed by atoms with Crippen LogP contribution in [0, 0.1) is 0 Å². The lowest BCUT2D eigenvalue weighted by Gasteiger charge is -1.78. The molecule has 4 nitrogen and oxygen atoms in total.